The van der Waals surface area contributed by atoms with Crippen molar-refractivity contribution in [2.24, 2.45) is 5.11 Å². The van der Waals surface area contributed by atoms with E-state index in [9.17, 15) is 13.2 Å². The van der Waals surface area contributed by atoms with Crippen molar-refractivity contribution in [3.8, 4) is 0 Å². The number of fused-ring (bicyclic) bond motifs is 3. The van der Waals surface area contributed by atoms with Gasteiger partial charge in [-0.05, 0) is 41.9 Å². The molecule has 0 aromatic rings. The molecule has 1 saturated heterocycles. The number of hydrogen-bond acceptors (Lipinski definition) is 7. The van der Waals surface area contributed by atoms with Crippen LogP contribution in [0.15, 0.2) is 40.8 Å². The normalized spacial score (nSPS) is 29.2. The molecule has 3 unspecified atom stereocenters. The highest BCUT2D eigenvalue weighted by atomic mass is 32.2. The standard InChI is InChI=1S/C18H26N4O5SSi/c1-17(2,3)29(5,6)27-18-10-12-16(20-21-19)13(26-28(4,24)25)11-22(12)14(18)8-7-9-15(18)23/h7-10,13,16H,11H2,1-6H3. The molecule has 0 saturated carbocycles. The summed E-state index contributed by atoms with van der Waals surface area (Å²) in [6.07, 6.45) is 6.66. The summed E-state index contributed by atoms with van der Waals surface area (Å²) in [5, 5.41) is 3.64. The van der Waals surface area contributed by atoms with Gasteiger partial charge in [-0.2, -0.15) is 8.42 Å². The zero-order chi connectivity index (χ0) is 21.8. The number of carbonyl (C=O) groups excluding carboxylic acids is 1. The number of ketones is 1. The Hall–Kier alpha value is -1.91. The maximum absolute atomic E-state index is 13.1. The lowest BCUT2D eigenvalue weighted by molar-refractivity contribution is -0.124. The highest BCUT2D eigenvalue weighted by Gasteiger charge is 2.58. The molecule has 1 fully saturated rings. The first-order chi connectivity index (χ1) is 13.2. The van der Waals surface area contributed by atoms with Crippen LogP contribution in [0.3, 0.4) is 0 Å². The second-order valence-corrected chi connectivity index (χ2v) is 15.4. The maximum atomic E-state index is 13.1. The quantitative estimate of drug-likeness (QED) is 0.214. The third-order valence-electron chi connectivity index (χ3n) is 5.92. The van der Waals surface area contributed by atoms with E-state index < -0.39 is 36.2 Å². The van der Waals surface area contributed by atoms with Crippen LogP contribution >= 0.6 is 0 Å². The molecule has 2 aliphatic heterocycles. The van der Waals surface area contributed by atoms with E-state index in [0.717, 1.165) is 6.26 Å². The molecule has 3 atom stereocenters. The van der Waals surface area contributed by atoms with Crippen molar-refractivity contribution in [2.75, 3.05) is 12.8 Å². The summed E-state index contributed by atoms with van der Waals surface area (Å²) in [4.78, 5) is 17.7. The van der Waals surface area contributed by atoms with E-state index in [1.807, 2.05) is 0 Å². The lowest BCUT2D eigenvalue weighted by atomic mass is 9.90. The van der Waals surface area contributed by atoms with Crippen LogP contribution in [0.2, 0.25) is 18.1 Å². The molecule has 3 aliphatic rings. The van der Waals surface area contributed by atoms with Gasteiger partial charge in [0, 0.05) is 10.6 Å². The molecule has 9 nitrogen and oxygen atoms in total. The molecule has 0 N–H and O–H groups in total. The monoisotopic (exact) mass is 438 g/mol. The number of allylic oxidation sites excluding steroid dienone is 2. The Bertz CT molecular complexity index is 988. The molecular weight excluding hydrogens is 412 g/mol. The zero-order valence-electron chi connectivity index (χ0n) is 17.4. The van der Waals surface area contributed by atoms with E-state index in [-0.39, 0.29) is 17.4 Å². The van der Waals surface area contributed by atoms with E-state index in [4.69, 9.17) is 14.1 Å². The van der Waals surface area contributed by atoms with Gasteiger partial charge in [0.2, 0.25) is 0 Å². The number of nitrogens with zero attached hydrogens (tertiary/aromatic N) is 4. The topological polar surface area (TPSA) is 122 Å². The van der Waals surface area contributed by atoms with E-state index in [0.29, 0.717) is 11.4 Å². The fourth-order valence-electron chi connectivity index (χ4n) is 3.56. The second-order valence-electron chi connectivity index (χ2n) is 9.04. The molecule has 0 spiro atoms. The Morgan fingerprint density at radius 2 is 2.03 bits per heavy atom. The van der Waals surface area contributed by atoms with Crippen molar-refractivity contribution in [1.29, 1.82) is 0 Å². The highest BCUT2D eigenvalue weighted by Crippen LogP contribution is 2.50. The second kappa shape index (κ2) is 6.81. The van der Waals surface area contributed by atoms with Crippen molar-refractivity contribution in [3.05, 3.63) is 46.1 Å². The van der Waals surface area contributed by atoms with Crippen LogP contribution in [0.4, 0.5) is 0 Å². The summed E-state index contributed by atoms with van der Waals surface area (Å²) in [6, 6.07) is -0.881. The summed E-state index contributed by atoms with van der Waals surface area (Å²) in [5.74, 6) is -0.206. The Labute approximate surface area is 171 Å². The van der Waals surface area contributed by atoms with Gasteiger partial charge in [-0.25, -0.2) is 0 Å². The van der Waals surface area contributed by atoms with Crippen molar-refractivity contribution >= 4 is 24.2 Å². The molecule has 3 rings (SSSR count). The summed E-state index contributed by atoms with van der Waals surface area (Å²) in [5.41, 5.74) is 8.85. The van der Waals surface area contributed by atoms with Gasteiger partial charge in [0.25, 0.3) is 10.1 Å². The molecule has 0 radical (unpaired) electrons. The fourth-order valence-corrected chi connectivity index (χ4v) is 5.55. The average Bonchev–Trinajstić information content (AvgIpc) is 3.01. The van der Waals surface area contributed by atoms with E-state index in [1.54, 1.807) is 23.1 Å². The molecule has 29 heavy (non-hydrogen) atoms. The van der Waals surface area contributed by atoms with Gasteiger partial charge >= 0.3 is 0 Å². The molecule has 0 amide bonds. The van der Waals surface area contributed by atoms with Crippen LogP contribution in [0.25, 0.3) is 10.4 Å². The van der Waals surface area contributed by atoms with Gasteiger partial charge in [-0.3, -0.25) is 8.98 Å². The third kappa shape index (κ3) is 3.69. The minimum Gasteiger partial charge on any atom is -0.396 e. The van der Waals surface area contributed by atoms with E-state index >= 15 is 0 Å². The molecule has 1 aliphatic carbocycles. The van der Waals surface area contributed by atoms with Gasteiger partial charge in [0.15, 0.2) is 19.7 Å². The Kier molecular flexibility index (Phi) is 5.12. The third-order valence-corrected chi connectivity index (χ3v) is 11.0. The largest absolute Gasteiger partial charge is 0.396 e. The molecule has 158 valence electrons. The molecule has 0 bridgehead atoms. The highest BCUT2D eigenvalue weighted by molar-refractivity contribution is 7.86. The van der Waals surface area contributed by atoms with Crippen LogP contribution in [-0.2, 0) is 23.5 Å². The number of hydrogen-bond donors (Lipinski definition) is 0. The van der Waals surface area contributed by atoms with Crippen LogP contribution in [0.5, 0.6) is 0 Å². The minimum atomic E-state index is -3.76. The Balaban J connectivity index is 2.10. The van der Waals surface area contributed by atoms with Crippen molar-refractivity contribution < 1.29 is 21.8 Å². The zero-order valence-corrected chi connectivity index (χ0v) is 19.2. The molecule has 0 aromatic heterocycles. The number of carbonyl (C=O) groups is 1. The first kappa shape index (κ1) is 21.8. The van der Waals surface area contributed by atoms with Gasteiger partial charge in [0.05, 0.1) is 18.5 Å². The van der Waals surface area contributed by atoms with Crippen LogP contribution in [0.1, 0.15) is 20.8 Å². The minimum absolute atomic E-state index is 0.133. The van der Waals surface area contributed by atoms with Gasteiger partial charge < -0.3 is 9.33 Å². The van der Waals surface area contributed by atoms with Crippen LogP contribution < -0.4 is 0 Å². The van der Waals surface area contributed by atoms with E-state index in [2.05, 4.69) is 43.9 Å². The molecule has 2 heterocycles. The van der Waals surface area contributed by atoms with Gasteiger partial charge in [0.1, 0.15) is 12.1 Å². The summed E-state index contributed by atoms with van der Waals surface area (Å²) in [6.45, 7) is 10.5. The number of azide groups is 1. The van der Waals surface area contributed by atoms with Crippen LogP contribution in [-0.4, -0.2) is 58.0 Å². The molecule has 11 heteroatoms. The predicted molar refractivity (Wildman–Crippen MR) is 111 cm³/mol. The summed E-state index contributed by atoms with van der Waals surface area (Å²) in [7, 11) is -6.13. The maximum Gasteiger partial charge on any atom is 0.264 e. The smallest absolute Gasteiger partial charge is 0.264 e. The van der Waals surface area contributed by atoms with Crippen molar-refractivity contribution in [3.63, 3.8) is 0 Å². The summed E-state index contributed by atoms with van der Waals surface area (Å²) < 4.78 is 35.1. The SMILES string of the molecule is CC(C)(C)[Si](C)(C)OC12C=C3C(N=[N+]=[N-])C(OS(C)(=O)=O)CN3C1=CC=CC2=O. The molecule has 0 aromatic carbocycles. The average molecular weight is 439 g/mol. The fraction of sp³-hybridized carbons (Fsp3) is 0.611. The Morgan fingerprint density at radius 3 is 2.59 bits per heavy atom. The predicted octanol–water partition coefficient (Wildman–Crippen LogP) is 3.01. The lowest BCUT2D eigenvalue weighted by Gasteiger charge is -2.44. The first-order valence-electron chi connectivity index (χ1n) is 9.28. The number of rotatable bonds is 5. The molecular formula is C18H26N4O5SSi. The Morgan fingerprint density at radius 1 is 1.38 bits per heavy atom. The van der Waals surface area contributed by atoms with E-state index in [1.165, 1.54) is 6.08 Å². The van der Waals surface area contributed by atoms with Crippen LogP contribution in [0, 0.1) is 0 Å². The van der Waals surface area contributed by atoms with Gasteiger partial charge in [-0.15, -0.1) is 0 Å². The lowest BCUT2D eigenvalue weighted by Crippen LogP contribution is -2.54. The summed E-state index contributed by atoms with van der Waals surface area (Å²) >= 11 is 0. The van der Waals surface area contributed by atoms with Crippen molar-refractivity contribution in [1.82, 2.24) is 4.90 Å². The van der Waals surface area contributed by atoms with Crippen molar-refractivity contribution in [2.45, 2.75) is 56.7 Å². The van der Waals surface area contributed by atoms with Gasteiger partial charge in [-0.1, -0.05) is 32.0 Å². The first-order valence-corrected chi connectivity index (χ1v) is 14.0.